The highest BCUT2D eigenvalue weighted by Gasteiger charge is 2.34. The number of fused-ring (bicyclic) bond motifs is 1. The summed E-state index contributed by atoms with van der Waals surface area (Å²) in [4.78, 5) is 25.8. The summed E-state index contributed by atoms with van der Waals surface area (Å²) in [5.41, 5.74) is -1.80. The number of ether oxygens (including phenoxy) is 2. The van der Waals surface area contributed by atoms with E-state index in [-0.39, 0.29) is 17.7 Å². The normalized spacial score (nSPS) is 11.5. The number of H-pyrrole nitrogens is 1. The molecule has 0 aliphatic carbocycles. The maximum atomic E-state index is 12.6. The zero-order valence-corrected chi connectivity index (χ0v) is 12.1. The molecule has 0 fully saturated rings. The van der Waals surface area contributed by atoms with Crippen LogP contribution in [0.4, 0.5) is 13.2 Å². The summed E-state index contributed by atoms with van der Waals surface area (Å²) in [5, 5.41) is 9.74. The van der Waals surface area contributed by atoms with Crippen LogP contribution in [-0.2, 0) is 4.74 Å². The van der Waals surface area contributed by atoms with Gasteiger partial charge in [0.15, 0.2) is 5.56 Å². The van der Waals surface area contributed by atoms with Gasteiger partial charge < -0.3 is 19.6 Å². The molecule has 6 nitrogen and oxygen atoms in total. The molecule has 1 heterocycles. The Labute approximate surface area is 127 Å². The van der Waals surface area contributed by atoms with Crippen LogP contribution in [0.2, 0.25) is 0 Å². The molecule has 0 saturated carbocycles. The molecular formula is C14H12F3NO5. The number of rotatable bonds is 3. The molecule has 0 aliphatic rings. The number of hydrogen-bond acceptors (Lipinski definition) is 5. The average Bonchev–Trinajstić information content (AvgIpc) is 2.40. The third-order valence-corrected chi connectivity index (χ3v) is 3.00. The van der Waals surface area contributed by atoms with Crippen LogP contribution >= 0.6 is 0 Å². The van der Waals surface area contributed by atoms with Crippen LogP contribution in [0.1, 0.15) is 22.8 Å². The summed E-state index contributed by atoms with van der Waals surface area (Å²) in [7, 11) is 0. The van der Waals surface area contributed by atoms with Gasteiger partial charge in [-0.05, 0) is 25.5 Å². The molecular weight excluding hydrogens is 319 g/mol. The van der Waals surface area contributed by atoms with Crippen LogP contribution in [0.15, 0.2) is 16.9 Å². The second kappa shape index (κ2) is 5.82. The highest BCUT2D eigenvalue weighted by atomic mass is 19.4. The second-order valence-electron chi connectivity index (χ2n) is 4.58. The molecule has 0 bridgehead atoms. The van der Waals surface area contributed by atoms with Crippen molar-refractivity contribution in [1.29, 1.82) is 0 Å². The number of aromatic hydroxyl groups is 1. The van der Waals surface area contributed by atoms with Gasteiger partial charge in [0.1, 0.15) is 11.5 Å². The number of hydrogen-bond donors (Lipinski definition) is 2. The molecule has 23 heavy (non-hydrogen) atoms. The number of carbonyl (C=O) groups is 1. The lowest BCUT2D eigenvalue weighted by atomic mass is 10.1. The van der Waals surface area contributed by atoms with Gasteiger partial charge in [-0.15, -0.1) is 13.2 Å². The van der Waals surface area contributed by atoms with Crippen LogP contribution in [0.25, 0.3) is 10.9 Å². The van der Waals surface area contributed by atoms with E-state index >= 15 is 0 Å². The maximum absolute atomic E-state index is 12.6. The van der Waals surface area contributed by atoms with Gasteiger partial charge in [-0.25, -0.2) is 4.79 Å². The van der Waals surface area contributed by atoms with Crippen molar-refractivity contribution in [3.63, 3.8) is 0 Å². The zero-order chi connectivity index (χ0) is 17.4. The summed E-state index contributed by atoms with van der Waals surface area (Å²) in [6, 6.07) is 2.58. The average molecular weight is 331 g/mol. The van der Waals surface area contributed by atoms with Gasteiger partial charge in [0.2, 0.25) is 0 Å². The van der Waals surface area contributed by atoms with E-state index in [1.807, 2.05) is 0 Å². The lowest BCUT2D eigenvalue weighted by Gasteiger charge is -2.15. The third-order valence-electron chi connectivity index (χ3n) is 3.00. The van der Waals surface area contributed by atoms with E-state index in [0.717, 1.165) is 0 Å². The predicted octanol–water partition coefficient (Wildman–Crippen LogP) is 2.62. The van der Waals surface area contributed by atoms with Crippen molar-refractivity contribution < 1.29 is 32.5 Å². The predicted molar refractivity (Wildman–Crippen MR) is 73.6 cm³/mol. The van der Waals surface area contributed by atoms with Gasteiger partial charge in [-0.2, -0.15) is 0 Å². The van der Waals surface area contributed by atoms with E-state index in [0.29, 0.717) is 0 Å². The van der Waals surface area contributed by atoms with Crippen molar-refractivity contribution in [3.05, 3.63) is 33.6 Å². The number of esters is 1. The molecule has 9 heteroatoms. The molecule has 0 atom stereocenters. The number of aromatic nitrogens is 1. The van der Waals surface area contributed by atoms with E-state index in [9.17, 15) is 27.9 Å². The molecule has 1 aromatic carbocycles. The summed E-state index contributed by atoms with van der Waals surface area (Å²) in [6.45, 7) is 2.73. The van der Waals surface area contributed by atoms with E-state index in [1.54, 1.807) is 0 Å². The van der Waals surface area contributed by atoms with Crippen LogP contribution in [0, 0.1) is 6.92 Å². The molecule has 2 aromatic rings. The first-order valence-electron chi connectivity index (χ1n) is 6.47. The number of benzene rings is 1. The minimum atomic E-state index is -5.01. The summed E-state index contributed by atoms with van der Waals surface area (Å²) < 4.78 is 46.3. The van der Waals surface area contributed by atoms with Crippen molar-refractivity contribution in [2.45, 2.75) is 20.2 Å². The fourth-order valence-corrected chi connectivity index (χ4v) is 2.08. The first-order chi connectivity index (χ1) is 10.7. The van der Waals surface area contributed by atoms with Crippen LogP contribution in [-0.4, -0.2) is 29.0 Å². The van der Waals surface area contributed by atoms with E-state index in [2.05, 4.69) is 14.5 Å². The molecule has 0 spiro atoms. The van der Waals surface area contributed by atoms with Crippen molar-refractivity contribution in [2.24, 2.45) is 0 Å². The fraction of sp³-hybridized carbons (Fsp3) is 0.286. The quantitative estimate of drug-likeness (QED) is 0.844. The Morgan fingerprint density at radius 3 is 2.57 bits per heavy atom. The van der Waals surface area contributed by atoms with Gasteiger partial charge in [-0.1, -0.05) is 6.07 Å². The molecule has 0 aliphatic heterocycles. The Morgan fingerprint density at radius 2 is 2.00 bits per heavy atom. The van der Waals surface area contributed by atoms with Gasteiger partial charge in [0.05, 0.1) is 17.5 Å². The van der Waals surface area contributed by atoms with Gasteiger partial charge >= 0.3 is 12.3 Å². The van der Waals surface area contributed by atoms with Crippen molar-refractivity contribution in [1.82, 2.24) is 4.98 Å². The molecule has 2 N–H and O–H groups in total. The first kappa shape index (κ1) is 16.7. The lowest BCUT2D eigenvalue weighted by Crippen LogP contribution is -2.21. The number of aromatic amines is 1. The molecule has 0 saturated heterocycles. The van der Waals surface area contributed by atoms with E-state index in [4.69, 9.17) is 0 Å². The number of nitrogens with one attached hydrogen (secondary N) is 1. The largest absolute Gasteiger partial charge is 0.573 e. The number of halogens is 3. The fourth-order valence-electron chi connectivity index (χ4n) is 2.08. The molecule has 124 valence electrons. The third kappa shape index (κ3) is 3.22. The Bertz CT molecular complexity index is 826. The Morgan fingerprint density at radius 1 is 1.35 bits per heavy atom. The highest BCUT2D eigenvalue weighted by Crippen LogP contribution is 2.38. The number of aryl methyl sites for hydroxylation is 1. The summed E-state index contributed by atoms with van der Waals surface area (Å²) in [5.74, 6) is -2.77. The highest BCUT2D eigenvalue weighted by molar-refractivity contribution is 6.02. The standard InChI is InChI=1S/C14H12F3NO5/c1-3-22-13(21)9-10(19)8-7(18-12(9)20)5-4-6(2)11(8)23-14(15,16)17/h4-5H,3H2,1-2H3,(H2,18,19,20). The Kier molecular flexibility index (Phi) is 4.22. The Balaban J connectivity index is 2.82. The van der Waals surface area contributed by atoms with Crippen LogP contribution in [0.5, 0.6) is 11.5 Å². The molecule has 1 aromatic heterocycles. The zero-order valence-electron chi connectivity index (χ0n) is 12.1. The monoisotopic (exact) mass is 331 g/mol. The van der Waals surface area contributed by atoms with Crippen molar-refractivity contribution in [3.8, 4) is 11.5 Å². The van der Waals surface area contributed by atoms with E-state index in [1.165, 1.54) is 26.0 Å². The second-order valence-corrected chi connectivity index (χ2v) is 4.58. The topological polar surface area (TPSA) is 88.6 Å². The van der Waals surface area contributed by atoms with Gasteiger partial charge in [0.25, 0.3) is 5.56 Å². The smallest absolute Gasteiger partial charge is 0.506 e. The van der Waals surface area contributed by atoms with E-state index < -0.39 is 40.3 Å². The summed E-state index contributed by atoms with van der Waals surface area (Å²) >= 11 is 0. The van der Waals surface area contributed by atoms with Gasteiger partial charge in [0, 0.05) is 0 Å². The van der Waals surface area contributed by atoms with Crippen LogP contribution in [0.3, 0.4) is 0 Å². The summed E-state index contributed by atoms with van der Waals surface area (Å²) in [6.07, 6.45) is -5.01. The SMILES string of the molecule is CCOC(=O)c1c(O)c2c(OC(F)(F)F)c(C)ccc2[nH]c1=O. The first-order valence-corrected chi connectivity index (χ1v) is 6.47. The minimum absolute atomic E-state index is 0.0620. The maximum Gasteiger partial charge on any atom is 0.573 e. The number of pyridine rings is 1. The molecule has 0 radical (unpaired) electrons. The van der Waals surface area contributed by atoms with Gasteiger partial charge in [-0.3, -0.25) is 4.79 Å². The Hall–Kier alpha value is -2.71. The number of alkyl halides is 3. The molecule has 0 unspecified atom stereocenters. The minimum Gasteiger partial charge on any atom is -0.506 e. The van der Waals surface area contributed by atoms with Crippen molar-refractivity contribution in [2.75, 3.05) is 6.61 Å². The molecule has 0 amide bonds. The van der Waals surface area contributed by atoms with Crippen LogP contribution < -0.4 is 10.3 Å². The molecule has 2 rings (SSSR count). The van der Waals surface area contributed by atoms with Crippen molar-refractivity contribution >= 4 is 16.9 Å². The lowest BCUT2D eigenvalue weighted by molar-refractivity contribution is -0.274. The number of carbonyl (C=O) groups excluding carboxylic acids is 1.